The second-order valence-electron chi connectivity index (χ2n) is 7.77. The summed E-state index contributed by atoms with van der Waals surface area (Å²) in [4.78, 5) is 29.6. The minimum atomic E-state index is -0.702. The van der Waals surface area contributed by atoms with Crippen molar-refractivity contribution in [2.75, 3.05) is 41.4 Å². The molecule has 0 radical (unpaired) electrons. The van der Waals surface area contributed by atoms with Crippen molar-refractivity contribution in [3.05, 3.63) is 63.6 Å². The second kappa shape index (κ2) is 10.2. The van der Waals surface area contributed by atoms with E-state index in [1.54, 1.807) is 23.1 Å². The molecule has 32 heavy (non-hydrogen) atoms. The van der Waals surface area contributed by atoms with Gasteiger partial charge in [-0.1, -0.05) is 28.1 Å². The summed E-state index contributed by atoms with van der Waals surface area (Å²) >= 11 is 3.46. The molecule has 3 rings (SSSR count). The number of hydrogen-bond acceptors (Lipinski definition) is 6. The van der Waals surface area contributed by atoms with Crippen LogP contribution in [0.1, 0.15) is 23.6 Å². The number of carbonyl (C=O) groups excluding carboxylic acids is 2. The predicted molar refractivity (Wildman–Crippen MR) is 126 cm³/mol. The van der Waals surface area contributed by atoms with Gasteiger partial charge in [-0.05, 0) is 63.0 Å². The van der Waals surface area contributed by atoms with E-state index in [4.69, 9.17) is 9.47 Å². The van der Waals surface area contributed by atoms with Gasteiger partial charge in [0.15, 0.2) is 11.5 Å². The highest BCUT2D eigenvalue weighted by Crippen LogP contribution is 2.41. The molecular formula is C24H27BrN2O5. The standard InChI is InChI=1S/C24H27BrN2O5/c1-26(2)11-6-12-27-21(15-7-5-8-17(25)13-15)20(23(29)24(27)30)22(28)16-9-10-18(31-3)19(14-16)32-4/h5,7-10,13-14,21,28H,6,11-12H2,1-4H3/b22-20+/t21-/m0/s1. The Hall–Kier alpha value is -2.84. The fraction of sp³-hybridized carbons (Fsp3) is 0.333. The van der Waals surface area contributed by atoms with Gasteiger partial charge in [0, 0.05) is 16.6 Å². The first-order chi connectivity index (χ1) is 15.3. The lowest BCUT2D eigenvalue weighted by Gasteiger charge is -2.26. The molecular weight excluding hydrogens is 476 g/mol. The Morgan fingerprint density at radius 2 is 1.81 bits per heavy atom. The summed E-state index contributed by atoms with van der Waals surface area (Å²) in [5.74, 6) is -0.653. The number of benzene rings is 2. The molecule has 170 valence electrons. The molecule has 0 aromatic heterocycles. The van der Waals surface area contributed by atoms with Crippen molar-refractivity contribution in [1.82, 2.24) is 9.80 Å². The molecule has 2 aromatic carbocycles. The van der Waals surface area contributed by atoms with Crippen LogP contribution in [0.2, 0.25) is 0 Å². The second-order valence-corrected chi connectivity index (χ2v) is 8.69. The summed E-state index contributed by atoms with van der Waals surface area (Å²) < 4.78 is 11.4. The number of likely N-dealkylation sites (tertiary alicyclic amines) is 1. The smallest absolute Gasteiger partial charge is 0.295 e. The number of aliphatic hydroxyl groups is 1. The fourth-order valence-electron chi connectivity index (χ4n) is 3.83. The van der Waals surface area contributed by atoms with Crippen molar-refractivity contribution in [3.8, 4) is 11.5 Å². The van der Waals surface area contributed by atoms with E-state index >= 15 is 0 Å². The molecule has 1 heterocycles. The quantitative estimate of drug-likeness (QED) is 0.335. The lowest BCUT2D eigenvalue weighted by atomic mass is 9.95. The number of carbonyl (C=O) groups is 2. The molecule has 0 saturated carbocycles. The van der Waals surface area contributed by atoms with Gasteiger partial charge in [0.05, 0.1) is 25.8 Å². The molecule has 1 atom stereocenters. The third kappa shape index (κ3) is 4.81. The van der Waals surface area contributed by atoms with Crippen LogP contribution in [-0.4, -0.2) is 68.0 Å². The Bertz CT molecular complexity index is 1050. The zero-order chi connectivity index (χ0) is 23.4. The Morgan fingerprint density at radius 3 is 2.44 bits per heavy atom. The van der Waals surface area contributed by atoms with Gasteiger partial charge < -0.3 is 24.4 Å². The van der Waals surface area contributed by atoms with Crippen molar-refractivity contribution in [3.63, 3.8) is 0 Å². The maximum absolute atomic E-state index is 13.1. The number of ether oxygens (including phenoxy) is 2. The third-order valence-corrected chi connectivity index (χ3v) is 5.86. The normalized spacial score (nSPS) is 17.8. The molecule has 0 aliphatic carbocycles. The Kier molecular flexibility index (Phi) is 7.58. The summed E-state index contributed by atoms with van der Waals surface area (Å²) in [6.07, 6.45) is 0.695. The topological polar surface area (TPSA) is 79.3 Å². The highest BCUT2D eigenvalue weighted by molar-refractivity contribution is 9.10. The van der Waals surface area contributed by atoms with Gasteiger partial charge in [-0.2, -0.15) is 0 Å². The summed E-state index contributed by atoms with van der Waals surface area (Å²) in [5.41, 5.74) is 1.17. The molecule has 0 bridgehead atoms. The molecule has 7 nitrogen and oxygen atoms in total. The molecule has 1 saturated heterocycles. The van der Waals surface area contributed by atoms with Crippen LogP contribution in [0.5, 0.6) is 11.5 Å². The Morgan fingerprint density at radius 1 is 1.09 bits per heavy atom. The van der Waals surface area contributed by atoms with Gasteiger partial charge in [0.1, 0.15) is 5.76 Å². The van der Waals surface area contributed by atoms with Crippen LogP contribution >= 0.6 is 15.9 Å². The van der Waals surface area contributed by atoms with Gasteiger partial charge in [-0.15, -0.1) is 0 Å². The molecule has 1 aliphatic heterocycles. The first-order valence-electron chi connectivity index (χ1n) is 10.2. The zero-order valence-corrected chi connectivity index (χ0v) is 20.2. The highest BCUT2D eigenvalue weighted by Gasteiger charge is 2.45. The van der Waals surface area contributed by atoms with Crippen LogP contribution < -0.4 is 9.47 Å². The number of aliphatic hydroxyl groups excluding tert-OH is 1. The first kappa shape index (κ1) is 23.8. The van der Waals surface area contributed by atoms with Crippen molar-refractivity contribution >= 4 is 33.4 Å². The molecule has 1 N–H and O–H groups in total. The Balaban J connectivity index is 2.12. The lowest BCUT2D eigenvalue weighted by Crippen LogP contribution is -2.32. The zero-order valence-electron chi connectivity index (χ0n) is 18.6. The van der Waals surface area contributed by atoms with E-state index in [1.807, 2.05) is 43.3 Å². The van der Waals surface area contributed by atoms with Crippen molar-refractivity contribution in [1.29, 1.82) is 0 Å². The summed E-state index contributed by atoms with van der Waals surface area (Å²) in [7, 11) is 6.92. The van der Waals surface area contributed by atoms with Crippen molar-refractivity contribution < 1.29 is 24.2 Å². The molecule has 8 heteroatoms. The van der Waals surface area contributed by atoms with E-state index in [0.29, 0.717) is 30.0 Å². The summed E-state index contributed by atoms with van der Waals surface area (Å²) in [6, 6.07) is 11.6. The van der Waals surface area contributed by atoms with Crippen LogP contribution in [0.15, 0.2) is 52.5 Å². The summed E-state index contributed by atoms with van der Waals surface area (Å²) in [5, 5.41) is 11.2. The van der Waals surface area contributed by atoms with E-state index in [9.17, 15) is 14.7 Å². The molecule has 1 aliphatic rings. The fourth-order valence-corrected chi connectivity index (χ4v) is 4.25. The van der Waals surface area contributed by atoms with E-state index in [1.165, 1.54) is 14.2 Å². The van der Waals surface area contributed by atoms with Crippen LogP contribution in [0.4, 0.5) is 0 Å². The van der Waals surface area contributed by atoms with Crippen LogP contribution in [0.25, 0.3) is 5.76 Å². The van der Waals surface area contributed by atoms with Crippen LogP contribution in [0, 0.1) is 0 Å². The average Bonchev–Trinajstić information content (AvgIpc) is 3.02. The van der Waals surface area contributed by atoms with Crippen molar-refractivity contribution in [2.45, 2.75) is 12.5 Å². The maximum Gasteiger partial charge on any atom is 0.295 e. The number of hydrogen-bond donors (Lipinski definition) is 1. The minimum absolute atomic E-state index is 0.0603. The SMILES string of the molecule is COc1ccc(/C(O)=C2\C(=O)C(=O)N(CCCN(C)C)[C@H]2c2cccc(Br)c2)cc1OC. The van der Waals surface area contributed by atoms with Gasteiger partial charge >= 0.3 is 0 Å². The molecule has 0 unspecified atom stereocenters. The lowest BCUT2D eigenvalue weighted by molar-refractivity contribution is -0.139. The average molecular weight is 503 g/mol. The monoisotopic (exact) mass is 502 g/mol. The highest BCUT2D eigenvalue weighted by atomic mass is 79.9. The molecule has 1 fully saturated rings. The molecule has 2 aromatic rings. The number of methoxy groups -OCH3 is 2. The first-order valence-corrected chi connectivity index (χ1v) is 11.0. The molecule has 0 spiro atoms. The summed E-state index contributed by atoms with van der Waals surface area (Å²) in [6.45, 7) is 1.16. The van der Waals surface area contributed by atoms with Gasteiger partial charge in [0.25, 0.3) is 11.7 Å². The van der Waals surface area contributed by atoms with Gasteiger partial charge in [-0.25, -0.2) is 0 Å². The van der Waals surface area contributed by atoms with E-state index < -0.39 is 17.7 Å². The number of halogens is 1. The van der Waals surface area contributed by atoms with Crippen molar-refractivity contribution in [2.24, 2.45) is 0 Å². The molecule has 1 amide bonds. The van der Waals surface area contributed by atoms with Crippen LogP contribution in [-0.2, 0) is 9.59 Å². The number of nitrogens with zero attached hydrogens (tertiary/aromatic N) is 2. The number of amides is 1. The van der Waals surface area contributed by atoms with E-state index in [-0.39, 0.29) is 11.3 Å². The number of ketones is 1. The number of Topliss-reactive ketones (excluding diaryl/α,β-unsaturated/α-hetero) is 1. The largest absolute Gasteiger partial charge is 0.507 e. The van der Waals surface area contributed by atoms with E-state index in [0.717, 1.165) is 16.6 Å². The van der Waals surface area contributed by atoms with E-state index in [2.05, 4.69) is 15.9 Å². The Labute approximate surface area is 196 Å². The van der Waals surface area contributed by atoms with Gasteiger partial charge in [0.2, 0.25) is 0 Å². The third-order valence-electron chi connectivity index (χ3n) is 5.37. The van der Waals surface area contributed by atoms with Gasteiger partial charge in [-0.3, -0.25) is 9.59 Å². The van der Waals surface area contributed by atoms with Crippen LogP contribution in [0.3, 0.4) is 0 Å². The maximum atomic E-state index is 13.1. The minimum Gasteiger partial charge on any atom is -0.507 e. The number of rotatable bonds is 8. The predicted octanol–water partition coefficient (Wildman–Crippen LogP) is 3.84.